The van der Waals surface area contributed by atoms with Gasteiger partial charge < -0.3 is 4.74 Å². The monoisotopic (exact) mass is 382 g/mol. The van der Waals surface area contributed by atoms with Crippen molar-refractivity contribution in [3.05, 3.63) is 64.7 Å². The Kier molecular flexibility index (Phi) is 6.11. The van der Waals surface area contributed by atoms with Crippen molar-refractivity contribution in [1.29, 1.82) is 0 Å². The number of carbonyl (C=O) groups is 3. The Balaban J connectivity index is 1.70. The molecule has 0 fully saturated rings. The van der Waals surface area contributed by atoms with E-state index in [1.54, 1.807) is 31.2 Å². The largest absolute Gasteiger partial charge is 0.451 e. The van der Waals surface area contributed by atoms with Crippen molar-refractivity contribution >= 4 is 29.3 Å². The van der Waals surface area contributed by atoms with Crippen molar-refractivity contribution in [2.75, 3.05) is 5.75 Å². The second kappa shape index (κ2) is 8.53. The number of esters is 1. The van der Waals surface area contributed by atoms with E-state index in [0.717, 1.165) is 19.3 Å². The van der Waals surface area contributed by atoms with Crippen molar-refractivity contribution in [1.82, 2.24) is 0 Å². The fourth-order valence-corrected chi connectivity index (χ4v) is 4.02. The maximum Gasteiger partial charge on any atom is 0.339 e. The molecule has 0 N–H and O–H groups in total. The molecule has 0 saturated heterocycles. The van der Waals surface area contributed by atoms with Crippen LogP contribution in [0.25, 0.3) is 0 Å². The smallest absolute Gasteiger partial charge is 0.339 e. The van der Waals surface area contributed by atoms with Gasteiger partial charge in [-0.05, 0) is 62.4 Å². The number of fused-ring (bicyclic) bond motifs is 1. The van der Waals surface area contributed by atoms with E-state index in [1.165, 1.54) is 29.8 Å². The average molecular weight is 382 g/mol. The summed E-state index contributed by atoms with van der Waals surface area (Å²) in [6.45, 7) is 3.10. The van der Waals surface area contributed by atoms with Gasteiger partial charge in [0.2, 0.25) is 5.78 Å². The molecule has 0 amide bonds. The summed E-state index contributed by atoms with van der Waals surface area (Å²) in [4.78, 5) is 37.2. The molecule has 0 saturated carbocycles. The number of aryl methyl sites for hydroxylation is 2. The summed E-state index contributed by atoms with van der Waals surface area (Å²) in [7, 11) is 0. The van der Waals surface area contributed by atoms with Crippen molar-refractivity contribution in [2.45, 2.75) is 44.1 Å². The summed E-state index contributed by atoms with van der Waals surface area (Å²) in [5, 5.41) is 0. The maximum atomic E-state index is 12.7. The van der Waals surface area contributed by atoms with Gasteiger partial charge in [0.1, 0.15) is 5.78 Å². The van der Waals surface area contributed by atoms with Crippen LogP contribution in [0.3, 0.4) is 0 Å². The van der Waals surface area contributed by atoms with E-state index < -0.39 is 12.1 Å². The molecule has 0 spiro atoms. The van der Waals surface area contributed by atoms with E-state index in [1.807, 2.05) is 18.2 Å². The molecule has 3 rings (SSSR count). The van der Waals surface area contributed by atoms with E-state index in [4.69, 9.17) is 4.74 Å². The van der Waals surface area contributed by atoms with Crippen molar-refractivity contribution in [3.63, 3.8) is 0 Å². The van der Waals surface area contributed by atoms with E-state index >= 15 is 0 Å². The van der Waals surface area contributed by atoms with Crippen LogP contribution in [0.2, 0.25) is 0 Å². The Morgan fingerprint density at radius 1 is 1.07 bits per heavy atom. The number of hydrogen-bond donors (Lipinski definition) is 0. The first kappa shape index (κ1) is 19.4. The molecule has 0 radical (unpaired) electrons. The molecule has 5 heteroatoms. The highest BCUT2D eigenvalue weighted by Crippen LogP contribution is 2.25. The SMILES string of the molecule is CC(=O)CSc1ccccc1C(=O)O[C@@H](C)C(=O)c1ccc2c(c1)CCC2. The van der Waals surface area contributed by atoms with Gasteiger partial charge in [0.15, 0.2) is 6.10 Å². The fourth-order valence-electron chi connectivity index (χ4n) is 3.18. The third-order valence-corrected chi connectivity index (χ3v) is 5.79. The minimum absolute atomic E-state index is 0.0309. The van der Waals surface area contributed by atoms with Crippen molar-refractivity contribution in [2.24, 2.45) is 0 Å². The lowest BCUT2D eigenvalue weighted by atomic mass is 10.0. The molecular weight excluding hydrogens is 360 g/mol. The molecule has 1 aliphatic carbocycles. The minimum atomic E-state index is -0.872. The molecule has 2 aromatic rings. The van der Waals surface area contributed by atoms with Crippen LogP contribution in [0.4, 0.5) is 0 Å². The van der Waals surface area contributed by atoms with Crippen LogP contribution in [0.15, 0.2) is 47.4 Å². The normalized spacial score (nSPS) is 13.7. The summed E-state index contributed by atoms with van der Waals surface area (Å²) in [6, 6.07) is 12.7. The van der Waals surface area contributed by atoms with Crippen molar-refractivity contribution < 1.29 is 19.1 Å². The molecule has 140 valence electrons. The third-order valence-electron chi connectivity index (χ3n) is 4.57. The quantitative estimate of drug-likeness (QED) is 0.406. The van der Waals surface area contributed by atoms with Crippen LogP contribution >= 0.6 is 11.8 Å². The molecule has 0 aliphatic heterocycles. The highest BCUT2D eigenvalue weighted by atomic mass is 32.2. The predicted molar refractivity (Wildman–Crippen MR) is 106 cm³/mol. The van der Waals surface area contributed by atoms with Crippen LogP contribution < -0.4 is 0 Å². The number of rotatable bonds is 7. The zero-order valence-corrected chi connectivity index (χ0v) is 16.3. The van der Waals surface area contributed by atoms with Gasteiger partial charge in [0.25, 0.3) is 0 Å². The Bertz CT molecular complexity index is 888. The van der Waals surface area contributed by atoms with Crippen LogP contribution in [-0.4, -0.2) is 29.4 Å². The second-order valence-corrected chi connectivity index (χ2v) is 7.75. The fraction of sp³-hybridized carbons (Fsp3) is 0.318. The van der Waals surface area contributed by atoms with Crippen LogP contribution in [0.1, 0.15) is 52.1 Å². The lowest BCUT2D eigenvalue weighted by molar-refractivity contribution is -0.114. The average Bonchev–Trinajstić information content (AvgIpc) is 3.13. The van der Waals surface area contributed by atoms with Gasteiger partial charge in [-0.1, -0.05) is 24.3 Å². The second-order valence-electron chi connectivity index (χ2n) is 6.74. The highest BCUT2D eigenvalue weighted by Gasteiger charge is 2.23. The topological polar surface area (TPSA) is 60.4 Å². The molecule has 1 aliphatic rings. The van der Waals surface area contributed by atoms with Gasteiger partial charge in [-0.2, -0.15) is 0 Å². The van der Waals surface area contributed by atoms with E-state index in [9.17, 15) is 14.4 Å². The summed E-state index contributed by atoms with van der Waals surface area (Å²) < 4.78 is 5.43. The molecule has 0 aromatic heterocycles. The number of Topliss-reactive ketones (excluding diaryl/α,β-unsaturated/α-hetero) is 2. The van der Waals surface area contributed by atoms with Crippen molar-refractivity contribution in [3.8, 4) is 0 Å². The van der Waals surface area contributed by atoms with Gasteiger partial charge in [-0.25, -0.2) is 4.79 Å². The van der Waals surface area contributed by atoms with Gasteiger partial charge in [0, 0.05) is 10.5 Å². The van der Waals surface area contributed by atoms with E-state index in [2.05, 4.69) is 0 Å². The number of hydrogen-bond acceptors (Lipinski definition) is 5. The maximum absolute atomic E-state index is 12.7. The highest BCUT2D eigenvalue weighted by molar-refractivity contribution is 8.00. The van der Waals surface area contributed by atoms with Crippen LogP contribution in [0, 0.1) is 0 Å². The van der Waals surface area contributed by atoms with Crippen LogP contribution in [-0.2, 0) is 22.4 Å². The van der Waals surface area contributed by atoms with Crippen LogP contribution in [0.5, 0.6) is 0 Å². The van der Waals surface area contributed by atoms with E-state index in [-0.39, 0.29) is 17.3 Å². The predicted octanol–water partition coefficient (Wildman–Crippen LogP) is 4.28. The first-order valence-electron chi connectivity index (χ1n) is 9.04. The molecule has 4 nitrogen and oxygen atoms in total. The van der Waals surface area contributed by atoms with Gasteiger partial charge >= 0.3 is 5.97 Å². The summed E-state index contributed by atoms with van der Waals surface area (Å²) in [6.07, 6.45) is 2.29. The first-order valence-corrected chi connectivity index (χ1v) is 10.0. The molecule has 0 heterocycles. The third kappa shape index (κ3) is 4.66. The zero-order valence-electron chi connectivity index (χ0n) is 15.5. The molecule has 27 heavy (non-hydrogen) atoms. The zero-order chi connectivity index (χ0) is 19.4. The van der Waals surface area contributed by atoms with E-state index in [0.29, 0.717) is 16.0 Å². The molecular formula is C22H22O4S. The molecule has 0 unspecified atom stereocenters. The lowest BCUT2D eigenvalue weighted by Gasteiger charge is -2.14. The Morgan fingerprint density at radius 2 is 1.81 bits per heavy atom. The summed E-state index contributed by atoms with van der Waals surface area (Å²) >= 11 is 1.29. The first-order chi connectivity index (χ1) is 13.0. The number of ether oxygens (including phenoxy) is 1. The molecule has 1 atom stereocenters. The molecule has 2 aromatic carbocycles. The number of benzene rings is 2. The van der Waals surface area contributed by atoms with Gasteiger partial charge in [-0.3, -0.25) is 9.59 Å². The minimum Gasteiger partial charge on any atom is -0.451 e. The number of carbonyl (C=O) groups excluding carboxylic acids is 3. The molecule has 0 bridgehead atoms. The lowest BCUT2D eigenvalue weighted by Crippen LogP contribution is -2.25. The number of thioether (sulfide) groups is 1. The standard InChI is InChI=1S/C22H22O4S/c1-14(23)13-27-20-9-4-3-8-19(20)22(25)26-15(2)21(24)18-11-10-16-6-5-7-17(16)12-18/h3-4,8-12,15H,5-7,13H2,1-2H3/t15-/m0/s1. The Morgan fingerprint density at radius 3 is 2.59 bits per heavy atom. The Hall–Kier alpha value is -2.40. The van der Waals surface area contributed by atoms with Gasteiger partial charge in [0.05, 0.1) is 11.3 Å². The summed E-state index contributed by atoms with van der Waals surface area (Å²) in [5.74, 6) is -0.438. The number of ketones is 2. The Labute approximate surface area is 163 Å². The summed E-state index contributed by atoms with van der Waals surface area (Å²) in [5.41, 5.74) is 3.46. The van der Waals surface area contributed by atoms with Gasteiger partial charge in [-0.15, -0.1) is 11.8 Å².